The normalized spacial score (nSPS) is 12.5. The third kappa shape index (κ3) is 3.05. The molecule has 3 nitrogen and oxygen atoms in total. The summed E-state index contributed by atoms with van der Waals surface area (Å²) in [6.07, 6.45) is 5.21. The lowest BCUT2D eigenvalue weighted by Crippen LogP contribution is -1.92. The lowest BCUT2D eigenvalue weighted by Gasteiger charge is -2.04. The Kier molecular flexibility index (Phi) is 4.25. The highest BCUT2D eigenvalue weighted by Gasteiger charge is 2.06. The average Bonchev–Trinajstić information content (AvgIpc) is 2.45. The average molecular weight is 259 g/mol. The molecule has 0 spiro atoms. The van der Waals surface area contributed by atoms with E-state index in [2.05, 4.69) is 4.98 Å². The second-order valence-electron chi connectivity index (χ2n) is 3.54. The van der Waals surface area contributed by atoms with Gasteiger partial charge in [-0.15, -0.1) is 0 Å². The van der Waals surface area contributed by atoms with E-state index in [1.165, 1.54) is 0 Å². The molecular formula is C14H13NO2S. The molecule has 18 heavy (non-hydrogen) atoms. The van der Waals surface area contributed by atoms with Crippen LogP contribution in [-0.4, -0.2) is 16.3 Å². The Hall–Kier alpha value is -1.94. The molecule has 92 valence electrons. The molecule has 0 aliphatic carbocycles. The van der Waals surface area contributed by atoms with Gasteiger partial charge in [-0.25, -0.2) is 4.21 Å². The van der Waals surface area contributed by atoms with Crippen LogP contribution in [0, 0.1) is 0 Å². The molecule has 2 rings (SSSR count). The van der Waals surface area contributed by atoms with Gasteiger partial charge in [0.15, 0.2) is 0 Å². The summed E-state index contributed by atoms with van der Waals surface area (Å²) in [5.41, 5.74) is 0.917. The van der Waals surface area contributed by atoms with Crippen molar-refractivity contribution in [2.75, 3.05) is 7.11 Å². The first-order valence-electron chi connectivity index (χ1n) is 5.43. The van der Waals surface area contributed by atoms with Crippen molar-refractivity contribution in [3.8, 4) is 5.75 Å². The number of para-hydroxylation sites is 1. The minimum atomic E-state index is -1.23. The highest BCUT2D eigenvalue weighted by Crippen LogP contribution is 2.22. The number of hydrogen-bond acceptors (Lipinski definition) is 3. The van der Waals surface area contributed by atoms with Gasteiger partial charge in [-0.05, 0) is 29.8 Å². The van der Waals surface area contributed by atoms with E-state index in [1.807, 2.05) is 24.3 Å². The van der Waals surface area contributed by atoms with Crippen molar-refractivity contribution in [1.82, 2.24) is 4.98 Å². The number of benzene rings is 1. The number of aromatic nitrogens is 1. The molecule has 0 fully saturated rings. The number of methoxy groups -OCH3 is 1. The lowest BCUT2D eigenvalue weighted by atomic mass is 10.3. The third-order valence-electron chi connectivity index (χ3n) is 2.35. The number of rotatable bonds is 4. The molecule has 0 amide bonds. The first kappa shape index (κ1) is 12.5. The molecule has 1 aromatic carbocycles. The third-order valence-corrected chi connectivity index (χ3v) is 3.51. The van der Waals surface area contributed by atoms with E-state index >= 15 is 0 Å². The van der Waals surface area contributed by atoms with Gasteiger partial charge in [-0.2, -0.15) is 0 Å². The molecule has 0 radical (unpaired) electrons. The van der Waals surface area contributed by atoms with Crippen LogP contribution in [0.5, 0.6) is 5.75 Å². The summed E-state index contributed by atoms with van der Waals surface area (Å²) >= 11 is 0. The predicted octanol–water partition coefficient (Wildman–Crippen LogP) is 2.87. The smallest absolute Gasteiger partial charge is 0.135 e. The molecule has 1 aromatic heterocycles. The largest absolute Gasteiger partial charge is 0.495 e. The van der Waals surface area contributed by atoms with E-state index in [4.69, 9.17) is 4.74 Å². The van der Waals surface area contributed by atoms with Gasteiger partial charge in [-0.1, -0.05) is 18.2 Å². The van der Waals surface area contributed by atoms with Gasteiger partial charge in [0.1, 0.15) is 5.75 Å². The van der Waals surface area contributed by atoms with E-state index in [-0.39, 0.29) is 0 Å². The molecule has 4 heteroatoms. The Labute approximate surface area is 109 Å². The van der Waals surface area contributed by atoms with Gasteiger partial charge in [0.25, 0.3) is 0 Å². The molecular weight excluding hydrogens is 246 g/mol. The van der Waals surface area contributed by atoms with E-state index < -0.39 is 10.8 Å². The first-order chi connectivity index (χ1) is 8.81. The standard InChI is InChI=1S/C14H13NO2S/c1-17-13-6-2-3-7-14(13)18(16)10-8-12-5-4-9-15-11-12/h2-11H,1H3/b10-8+. The van der Waals surface area contributed by atoms with Gasteiger partial charge in [-0.3, -0.25) is 4.98 Å². The first-order valence-corrected chi connectivity index (χ1v) is 6.64. The second-order valence-corrected chi connectivity index (χ2v) is 4.84. The molecule has 0 N–H and O–H groups in total. The molecule has 1 unspecified atom stereocenters. The van der Waals surface area contributed by atoms with Crippen LogP contribution in [-0.2, 0) is 10.8 Å². The summed E-state index contributed by atoms with van der Waals surface area (Å²) in [5.74, 6) is 0.631. The SMILES string of the molecule is COc1ccccc1S(=O)/C=C/c1cccnc1. The van der Waals surface area contributed by atoms with Crippen molar-refractivity contribution in [2.45, 2.75) is 4.90 Å². The van der Waals surface area contributed by atoms with Gasteiger partial charge >= 0.3 is 0 Å². The van der Waals surface area contributed by atoms with Crippen LogP contribution in [0.15, 0.2) is 59.1 Å². The molecule has 0 aliphatic heterocycles. The van der Waals surface area contributed by atoms with Crippen LogP contribution < -0.4 is 4.74 Å². The van der Waals surface area contributed by atoms with Crippen molar-refractivity contribution in [3.63, 3.8) is 0 Å². The van der Waals surface area contributed by atoms with Crippen molar-refractivity contribution >= 4 is 16.9 Å². The van der Waals surface area contributed by atoms with E-state index in [0.29, 0.717) is 10.6 Å². The Balaban J connectivity index is 2.20. The molecule has 0 bridgehead atoms. The zero-order valence-corrected chi connectivity index (χ0v) is 10.8. The van der Waals surface area contributed by atoms with Crippen molar-refractivity contribution < 1.29 is 8.95 Å². The van der Waals surface area contributed by atoms with Gasteiger partial charge in [0.2, 0.25) is 0 Å². The van der Waals surface area contributed by atoms with Crippen LogP contribution in [0.4, 0.5) is 0 Å². The fourth-order valence-corrected chi connectivity index (χ4v) is 2.46. The summed E-state index contributed by atoms with van der Waals surface area (Å²) in [6.45, 7) is 0. The van der Waals surface area contributed by atoms with Crippen LogP contribution in [0.2, 0.25) is 0 Å². The Morgan fingerprint density at radius 3 is 2.78 bits per heavy atom. The molecule has 1 heterocycles. The minimum Gasteiger partial charge on any atom is -0.495 e. The molecule has 0 saturated carbocycles. The lowest BCUT2D eigenvalue weighted by molar-refractivity contribution is 0.404. The van der Waals surface area contributed by atoms with Crippen LogP contribution in [0.1, 0.15) is 5.56 Å². The maximum atomic E-state index is 12.1. The highest BCUT2D eigenvalue weighted by atomic mass is 32.2. The Morgan fingerprint density at radius 1 is 1.22 bits per heavy atom. The van der Waals surface area contributed by atoms with Gasteiger partial charge < -0.3 is 4.74 Å². The minimum absolute atomic E-state index is 0.631. The molecule has 0 aliphatic rings. The summed E-state index contributed by atoms with van der Waals surface area (Å²) in [6, 6.07) is 11.0. The summed E-state index contributed by atoms with van der Waals surface area (Å²) in [4.78, 5) is 4.66. The van der Waals surface area contributed by atoms with Gasteiger partial charge in [0, 0.05) is 17.8 Å². The van der Waals surface area contributed by atoms with Crippen molar-refractivity contribution in [3.05, 3.63) is 59.8 Å². The quantitative estimate of drug-likeness (QED) is 0.847. The second kappa shape index (κ2) is 6.12. The topological polar surface area (TPSA) is 39.2 Å². The van der Waals surface area contributed by atoms with Gasteiger partial charge in [0.05, 0.1) is 22.8 Å². The van der Waals surface area contributed by atoms with Crippen molar-refractivity contribution in [2.24, 2.45) is 0 Å². The summed E-state index contributed by atoms with van der Waals surface area (Å²) in [5, 5.41) is 1.63. The maximum Gasteiger partial charge on any atom is 0.135 e. The summed E-state index contributed by atoms with van der Waals surface area (Å²) in [7, 11) is 0.342. The van der Waals surface area contributed by atoms with Crippen LogP contribution in [0.25, 0.3) is 6.08 Å². The predicted molar refractivity (Wildman–Crippen MR) is 72.7 cm³/mol. The molecule has 0 saturated heterocycles. The number of pyridine rings is 1. The van der Waals surface area contributed by atoms with E-state index in [1.54, 1.807) is 43.1 Å². The van der Waals surface area contributed by atoms with Crippen molar-refractivity contribution in [1.29, 1.82) is 0 Å². The highest BCUT2D eigenvalue weighted by molar-refractivity contribution is 7.88. The number of hydrogen-bond donors (Lipinski definition) is 0. The number of ether oxygens (including phenoxy) is 1. The zero-order chi connectivity index (χ0) is 12.8. The maximum absolute atomic E-state index is 12.1. The number of nitrogens with zero attached hydrogens (tertiary/aromatic N) is 1. The fourth-order valence-electron chi connectivity index (χ4n) is 1.47. The fraction of sp³-hybridized carbons (Fsp3) is 0.0714. The van der Waals surface area contributed by atoms with Crippen LogP contribution >= 0.6 is 0 Å². The molecule has 2 aromatic rings. The summed E-state index contributed by atoms with van der Waals surface area (Å²) < 4.78 is 17.3. The van der Waals surface area contributed by atoms with Crippen LogP contribution in [0.3, 0.4) is 0 Å². The van der Waals surface area contributed by atoms with E-state index in [9.17, 15) is 4.21 Å². The zero-order valence-electron chi connectivity index (χ0n) is 9.95. The Morgan fingerprint density at radius 2 is 2.06 bits per heavy atom. The molecule has 1 atom stereocenters. The monoisotopic (exact) mass is 259 g/mol. The van der Waals surface area contributed by atoms with E-state index in [0.717, 1.165) is 5.56 Å². The Bertz CT molecular complexity index is 567.